The average molecular weight is 252 g/mol. The summed E-state index contributed by atoms with van der Waals surface area (Å²) in [5.41, 5.74) is 5.67. The predicted octanol–water partition coefficient (Wildman–Crippen LogP) is 1.50. The van der Waals surface area contributed by atoms with Crippen molar-refractivity contribution in [2.24, 2.45) is 11.7 Å². The lowest BCUT2D eigenvalue weighted by Crippen LogP contribution is -2.55. The molecule has 1 aliphatic carbocycles. The number of nitrogens with two attached hydrogens (primary N) is 1. The molecule has 1 fully saturated rings. The molecule has 1 saturated carbocycles. The van der Waals surface area contributed by atoms with Gasteiger partial charge in [0.15, 0.2) is 0 Å². The van der Waals surface area contributed by atoms with E-state index in [1.807, 2.05) is 20.8 Å². The van der Waals surface area contributed by atoms with Crippen molar-refractivity contribution < 1.29 is 14.3 Å². The Morgan fingerprint density at radius 1 is 1.44 bits per heavy atom. The summed E-state index contributed by atoms with van der Waals surface area (Å²) in [5.74, 6) is -0.102. The highest BCUT2D eigenvalue weighted by atomic mass is 35.5. The molecule has 0 spiro atoms. The summed E-state index contributed by atoms with van der Waals surface area (Å²) in [4.78, 5) is 11.1. The van der Waals surface area contributed by atoms with Crippen molar-refractivity contribution in [1.29, 1.82) is 0 Å². The van der Waals surface area contributed by atoms with E-state index in [2.05, 4.69) is 4.74 Å². The summed E-state index contributed by atoms with van der Waals surface area (Å²) in [6.07, 6.45) is 1.29. The van der Waals surface area contributed by atoms with Crippen LogP contribution in [0.25, 0.3) is 0 Å². The molecule has 0 radical (unpaired) electrons. The standard InChI is InChI=1S/C11H21NO3.ClH/c1-11(2,3)15-9-6-8(12)7(9)5-10(13)14-4;/h7-9H,5-6,12H2,1-4H3;1H/t7-,8+,9-;/m0./s1. The number of halogens is 1. The summed E-state index contributed by atoms with van der Waals surface area (Å²) in [6.45, 7) is 6.02. The van der Waals surface area contributed by atoms with Crippen LogP contribution in [-0.2, 0) is 14.3 Å². The van der Waals surface area contributed by atoms with E-state index in [0.29, 0.717) is 6.42 Å². The van der Waals surface area contributed by atoms with Gasteiger partial charge < -0.3 is 15.2 Å². The Bertz CT molecular complexity index is 240. The zero-order valence-electron chi connectivity index (χ0n) is 10.4. The Labute approximate surface area is 103 Å². The van der Waals surface area contributed by atoms with Gasteiger partial charge in [0.1, 0.15) is 0 Å². The Hall–Kier alpha value is -0.320. The van der Waals surface area contributed by atoms with E-state index >= 15 is 0 Å². The molecule has 5 heteroatoms. The summed E-state index contributed by atoms with van der Waals surface area (Å²) in [7, 11) is 1.39. The van der Waals surface area contributed by atoms with E-state index in [0.717, 1.165) is 6.42 Å². The van der Waals surface area contributed by atoms with Crippen LogP contribution in [0.3, 0.4) is 0 Å². The van der Waals surface area contributed by atoms with Crippen molar-refractivity contribution in [1.82, 2.24) is 0 Å². The average Bonchev–Trinajstić information content (AvgIpc) is 2.11. The third kappa shape index (κ3) is 4.28. The number of methoxy groups -OCH3 is 1. The molecule has 0 aromatic carbocycles. The molecule has 0 aliphatic heterocycles. The van der Waals surface area contributed by atoms with Gasteiger partial charge in [-0.05, 0) is 27.2 Å². The Morgan fingerprint density at radius 3 is 2.38 bits per heavy atom. The minimum Gasteiger partial charge on any atom is -0.469 e. The van der Waals surface area contributed by atoms with Crippen molar-refractivity contribution in [2.45, 2.75) is 51.4 Å². The van der Waals surface area contributed by atoms with Crippen LogP contribution >= 0.6 is 12.4 Å². The van der Waals surface area contributed by atoms with Gasteiger partial charge in [-0.25, -0.2) is 0 Å². The maximum atomic E-state index is 11.1. The Kier molecular flexibility index (Phi) is 5.73. The van der Waals surface area contributed by atoms with Gasteiger partial charge in [-0.1, -0.05) is 0 Å². The van der Waals surface area contributed by atoms with Gasteiger partial charge in [0.2, 0.25) is 0 Å². The van der Waals surface area contributed by atoms with Crippen molar-refractivity contribution in [3.63, 3.8) is 0 Å². The van der Waals surface area contributed by atoms with Gasteiger partial charge >= 0.3 is 5.97 Å². The van der Waals surface area contributed by atoms with Crippen LogP contribution in [0.5, 0.6) is 0 Å². The van der Waals surface area contributed by atoms with Crippen LogP contribution in [0.15, 0.2) is 0 Å². The largest absolute Gasteiger partial charge is 0.469 e. The minimum absolute atomic E-state index is 0. The fourth-order valence-corrected chi connectivity index (χ4v) is 1.85. The topological polar surface area (TPSA) is 61.5 Å². The maximum absolute atomic E-state index is 11.1. The van der Waals surface area contributed by atoms with Crippen molar-refractivity contribution in [3.8, 4) is 0 Å². The number of hydrogen-bond donors (Lipinski definition) is 1. The molecule has 4 nitrogen and oxygen atoms in total. The molecular weight excluding hydrogens is 230 g/mol. The second kappa shape index (κ2) is 5.84. The number of hydrogen-bond acceptors (Lipinski definition) is 4. The molecule has 2 N–H and O–H groups in total. The third-order valence-corrected chi connectivity index (χ3v) is 2.67. The fraction of sp³-hybridized carbons (Fsp3) is 0.909. The summed E-state index contributed by atoms with van der Waals surface area (Å²) in [6, 6.07) is 0.0662. The summed E-state index contributed by atoms with van der Waals surface area (Å²) in [5, 5.41) is 0. The number of carbonyl (C=O) groups is 1. The Balaban J connectivity index is 0.00000225. The van der Waals surface area contributed by atoms with E-state index in [1.165, 1.54) is 7.11 Å². The third-order valence-electron chi connectivity index (χ3n) is 2.67. The van der Waals surface area contributed by atoms with Crippen molar-refractivity contribution in [3.05, 3.63) is 0 Å². The second-order valence-corrected chi connectivity index (χ2v) is 5.11. The Morgan fingerprint density at radius 2 is 2.00 bits per heavy atom. The van der Waals surface area contributed by atoms with Gasteiger partial charge in [0, 0.05) is 12.0 Å². The smallest absolute Gasteiger partial charge is 0.305 e. The highest BCUT2D eigenvalue weighted by Crippen LogP contribution is 2.35. The molecule has 0 heterocycles. The molecule has 3 atom stereocenters. The number of rotatable bonds is 3. The van der Waals surface area contributed by atoms with E-state index in [-0.39, 0.29) is 42.0 Å². The van der Waals surface area contributed by atoms with E-state index in [4.69, 9.17) is 10.5 Å². The molecule has 0 aromatic heterocycles. The lowest BCUT2D eigenvalue weighted by Gasteiger charge is -2.44. The van der Waals surface area contributed by atoms with Gasteiger partial charge in [0.25, 0.3) is 0 Å². The lowest BCUT2D eigenvalue weighted by atomic mass is 9.74. The molecule has 0 amide bonds. The predicted molar refractivity (Wildman–Crippen MR) is 64.6 cm³/mol. The van der Waals surface area contributed by atoms with Crippen LogP contribution < -0.4 is 5.73 Å². The molecule has 1 rings (SSSR count). The molecule has 0 saturated heterocycles. The highest BCUT2D eigenvalue weighted by Gasteiger charge is 2.42. The number of ether oxygens (including phenoxy) is 2. The SMILES string of the molecule is COC(=O)C[C@H]1[C@H](N)C[C@@H]1OC(C)(C)C.Cl. The zero-order valence-corrected chi connectivity index (χ0v) is 11.2. The first-order chi connectivity index (χ1) is 6.83. The van der Waals surface area contributed by atoms with Crippen LogP contribution in [0.2, 0.25) is 0 Å². The molecule has 1 aliphatic rings. The molecule has 0 aromatic rings. The second-order valence-electron chi connectivity index (χ2n) is 5.11. The highest BCUT2D eigenvalue weighted by molar-refractivity contribution is 5.85. The van der Waals surface area contributed by atoms with E-state index in [1.54, 1.807) is 0 Å². The lowest BCUT2D eigenvalue weighted by molar-refractivity contribution is -0.157. The first kappa shape index (κ1) is 15.7. The van der Waals surface area contributed by atoms with Crippen molar-refractivity contribution >= 4 is 18.4 Å². The molecular formula is C11H22ClNO3. The summed E-state index contributed by atoms with van der Waals surface area (Å²) >= 11 is 0. The van der Waals surface area contributed by atoms with Crippen LogP contribution in [0, 0.1) is 5.92 Å². The molecule has 0 unspecified atom stereocenters. The van der Waals surface area contributed by atoms with Gasteiger partial charge in [0.05, 0.1) is 25.2 Å². The first-order valence-electron chi connectivity index (χ1n) is 5.33. The van der Waals surface area contributed by atoms with Gasteiger partial charge in [-0.15, -0.1) is 12.4 Å². The normalized spacial score (nSPS) is 28.9. The molecule has 0 bridgehead atoms. The summed E-state index contributed by atoms with van der Waals surface area (Å²) < 4.78 is 10.4. The van der Waals surface area contributed by atoms with Gasteiger partial charge in [-0.3, -0.25) is 4.79 Å². The fourth-order valence-electron chi connectivity index (χ4n) is 1.85. The van der Waals surface area contributed by atoms with Crippen LogP contribution in [0.4, 0.5) is 0 Å². The quantitative estimate of drug-likeness (QED) is 0.773. The molecule has 96 valence electrons. The monoisotopic (exact) mass is 251 g/mol. The number of carbonyl (C=O) groups excluding carboxylic acids is 1. The maximum Gasteiger partial charge on any atom is 0.305 e. The molecule has 16 heavy (non-hydrogen) atoms. The van der Waals surface area contributed by atoms with Crippen molar-refractivity contribution in [2.75, 3.05) is 7.11 Å². The van der Waals surface area contributed by atoms with E-state index in [9.17, 15) is 4.79 Å². The minimum atomic E-state index is -0.211. The zero-order chi connectivity index (χ0) is 11.6. The van der Waals surface area contributed by atoms with Crippen LogP contribution in [0.1, 0.15) is 33.6 Å². The first-order valence-corrected chi connectivity index (χ1v) is 5.33. The van der Waals surface area contributed by atoms with E-state index < -0.39 is 0 Å². The van der Waals surface area contributed by atoms with Crippen LogP contribution in [-0.4, -0.2) is 30.8 Å². The van der Waals surface area contributed by atoms with Gasteiger partial charge in [-0.2, -0.15) is 0 Å². The number of esters is 1.